The lowest BCUT2D eigenvalue weighted by Gasteiger charge is -2.18. The quantitative estimate of drug-likeness (QED) is 0.553. The Kier molecular flexibility index (Phi) is 11.7. The number of nitrogen functional groups attached to an aromatic ring is 1. The highest BCUT2D eigenvalue weighted by Crippen LogP contribution is 2.12. The molecule has 1 atom stereocenters. The molecule has 0 saturated carbocycles. The average Bonchev–Trinajstić information content (AvgIpc) is 2.47. The molecule has 0 radical (unpaired) electrons. The molecule has 0 bridgehead atoms. The molecule has 0 aliphatic heterocycles. The molecular weight excluding hydrogens is 262 g/mol. The molecular formula is C17H34N3O+. The van der Waals surface area contributed by atoms with Crippen molar-refractivity contribution < 1.29 is 10.0 Å². The summed E-state index contributed by atoms with van der Waals surface area (Å²) in [5.41, 5.74) is 7.65. The fraction of sp³-hybridized carbons (Fsp3) is 0.647. The lowest BCUT2D eigenvalue weighted by atomic mass is 10.1. The van der Waals surface area contributed by atoms with Crippen LogP contribution < -0.4 is 16.0 Å². The van der Waals surface area contributed by atoms with Gasteiger partial charge in [0.15, 0.2) is 0 Å². The minimum atomic E-state index is 0.250. The Morgan fingerprint density at radius 2 is 1.67 bits per heavy atom. The first-order valence-electron chi connectivity index (χ1n) is 8.13. The molecule has 0 aliphatic rings. The molecule has 21 heavy (non-hydrogen) atoms. The van der Waals surface area contributed by atoms with E-state index in [1.165, 1.54) is 32.5 Å². The van der Waals surface area contributed by atoms with Crippen LogP contribution in [0.5, 0.6) is 0 Å². The van der Waals surface area contributed by atoms with E-state index >= 15 is 0 Å². The normalized spacial score (nSPS) is 11.7. The Labute approximate surface area is 130 Å². The van der Waals surface area contributed by atoms with Crippen LogP contribution in [0.4, 0.5) is 11.4 Å². The zero-order chi connectivity index (χ0) is 16.1. The number of aliphatic hydroxyl groups excluding tert-OH is 1. The molecule has 4 heteroatoms. The second-order valence-electron chi connectivity index (χ2n) is 5.33. The summed E-state index contributed by atoms with van der Waals surface area (Å²) in [6, 6.07) is 8.48. The van der Waals surface area contributed by atoms with E-state index in [0.29, 0.717) is 6.04 Å². The highest BCUT2D eigenvalue weighted by atomic mass is 16.2. The van der Waals surface area contributed by atoms with E-state index in [9.17, 15) is 0 Å². The molecule has 122 valence electrons. The maximum Gasteiger partial charge on any atom is 0.0771 e. The molecule has 0 spiro atoms. The van der Waals surface area contributed by atoms with Gasteiger partial charge < -0.3 is 21.1 Å². The molecule has 4 nitrogen and oxygen atoms in total. The number of nitrogens with two attached hydrogens (primary N) is 1. The van der Waals surface area contributed by atoms with Gasteiger partial charge in [0.1, 0.15) is 0 Å². The third kappa shape index (κ3) is 10.2. The van der Waals surface area contributed by atoms with Crippen LogP contribution in [-0.2, 0) is 0 Å². The van der Waals surface area contributed by atoms with Gasteiger partial charge in [0.05, 0.1) is 19.6 Å². The van der Waals surface area contributed by atoms with Gasteiger partial charge in [-0.25, -0.2) is 0 Å². The molecule has 1 rings (SSSR count). The Hall–Kier alpha value is -1.26. The second-order valence-corrected chi connectivity index (χ2v) is 5.33. The van der Waals surface area contributed by atoms with Crippen LogP contribution in [0.25, 0.3) is 0 Å². The maximum absolute atomic E-state index is 7.57. The van der Waals surface area contributed by atoms with Gasteiger partial charge in [-0.1, -0.05) is 0 Å². The van der Waals surface area contributed by atoms with Crippen LogP contribution in [-0.4, -0.2) is 37.4 Å². The van der Waals surface area contributed by atoms with Gasteiger partial charge in [-0.15, -0.1) is 0 Å². The van der Waals surface area contributed by atoms with Gasteiger partial charge in [0.25, 0.3) is 0 Å². The van der Waals surface area contributed by atoms with E-state index < -0.39 is 0 Å². The molecule has 0 fully saturated rings. The summed E-state index contributed by atoms with van der Waals surface area (Å²) >= 11 is 0. The number of aliphatic hydroxyl groups is 1. The van der Waals surface area contributed by atoms with E-state index in [1.807, 2.05) is 24.3 Å². The lowest BCUT2D eigenvalue weighted by Crippen LogP contribution is -3.11. The first-order chi connectivity index (χ1) is 10.1. The third-order valence-electron chi connectivity index (χ3n) is 3.49. The van der Waals surface area contributed by atoms with Gasteiger partial charge in [0.2, 0.25) is 0 Å². The monoisotopic (exact) mass is 296 g/mol. The number of nitrogens with one attached hydrogen (secondary N) is 2. The topological polar surface area (TPSA) is 62.7 Å². The summed E-state index contributed by atoms with van der Waals surface area (Å²) in [5.74, 6) is 0. The van der Waals surface area contributed by atoms with Gasteiger partial charge >= 0.3 is 0 Å². The van der Waals surface area contributed by atoms with Crippen molar-refractivity contribution in [2.75, 3.05) is 37.3 Å². The minimum absolute atomic E-state index is 0.250. The summed E-state index contributed by atoms with van der Waals surface area (Å²) < 4.78 is 0. The molecule has 0 heterocycles. The highest BCUT2D eigenvalue weighted by molar-refractivity contribution is 5.51. The molecule has 0 aromatic heterocycles. The summed E-state index contributed by atoms with van der Waals surface area (Å²) in [4.78, 5) is 1.69. The van der Waals surface area contributed by atoms with E-state index in [-0.39, 0.29) is 6.61 Å². The van der Waals surface area contributed by atoms with Gasteiger partial charge in [-0.3, -0.25) is 0 Å². The largest absolute Gasteiger partial charge is 0.399 e. The number of benzene rings is 1. The first-order valence-corrected chi connectivity index (χ1v) is 8.13. The Bertz CT molecular complexity index is 336. The molecule has 1 aromatic rings. The molecule has 1 aromatic carbocycles. The molecule has 1 unspecified atom stereocenters. The standard InChI is InChI=1S/C15H27N3.C2H6O/c1-4-18(5-2)12-6-7-13(3)17-15-10-8-14(16)9-11-15;1-2-3/h8-11,13,17H,4-7,12,16H2,1-3H3;3H,2H2,1H3/p+1. The minimum Gasteiger partial charge on any atom is -0.399 e. The number of quaternary nitrogens is 1. The fourth-order valence-corrected chi connectivity index (χ4v) is 2.20. The van der Waals surface area contributed by atoms with E-state index in [1.54, 1.807) is 11.8 Å². The van der Waals surface area contributed by atoms with E-state index in [0.717, 1.165) is 11.4 Å². The third-order valence-corrected chi connectivity index (χ3v) is 3.49. The van der Waals surface area contributed by atoms with Crippen molar-refractivity contribution in [3.05, 3.63) is 24.3 Å². The maximum atomic E-state index is 7.57. The van der Waals surface area contributed by atoms with Crippen molar-refractivity contribution in [2.45, 2.75) is 46.6 Å². The highest BCUT2D eigenvalue weighted by Gasteiger charge is 2.05. The Morgan fingerprint density at radius 1 is 1.14 bits per heavy atom. The first kappa shape index (κ1) is 19.7. The van der Waals surface area contributed by atoms with Crippen LogP contribution in [0.15, 0.2) is 24.3 Å². The smallest absolute Gasteiger partial charge is 0.0771 e. The molecule has 5 N–H and O–H groups in total. The van der Waals surface area contributed by atoms with Gasteiger partial charge in [-0.2, -0.15) is 0 Å². The number of rotatable bonds is 8. The average molecular weight is 296 g/mol. The zero-order valence-corrected chi connectivity index (χ0v) is 14.2. The van der Waals surface area contributed by atoms with E-state index in [4.69, 9.17) is 10.8 Å². The van der Waals surface area contributed by atoms with Crippen molar-refractivity contribution in [3.63, 3.8) is 0 Å². The van der Waals surface area contributed by atoms with Crippen LogP contribution in [0.3, 0.4) is 0 Å². The van der Waals surface area contributed by atoms with Crippen LogP contribution in [0.1, 0.15) is 40.5 Å². The van der Waals surface area contributed by atoms with Crippen molar-refractivity contribution in [1.82, 2.24) is 0 Å². The van der Waals surface area contributed by atoms with Crippen molar-refractivity contribution in [3.8, 4) is 0 Å². The summed E-state index contributed by atoms with van der Waals surface area (Å²) in [5, 5.41) is 11.1. The number of hydrogen-bond acceptors (Lipinski definition) is 3. The lowest BCUT2D eigenvalue weighted by molar-refractivity contribution is -0.896. The predicted molar refractivity (Wildman–Crippen MR) is 92.8 cm³/mol. The van der Waals surface area contributed by atoms with Crippen LogP contribution in [0, 0.1) is 0 Å². The number of anilines is 2. The van der Waals surface area contributed by atoms with Crippen molar-refractivity contribution in [1.29, 1.82) is 0 Å². The van der Waals surface area contributed by atoms with Crippen molar-refractivity contribution >= 4 is 11.4 Å². The fourth-order valence-electron chi connectivity index (χ4n) is 2.20. The predicted octanol–water partition coefficient (Wildman–Crippen LogP) is 1.77. The zero-order valence-electron chi connectivity index (χ0n) is 14.2. The van der Waals surface area contributed by atoms with Crippen molar-refractivity contribution in [2.24, 2.45) is 0 Å². The molecule has 0 aliphatic carbocycles. The van der Waals surface area contributed by atoms with Gasteiger partial charge in [-0.05, 0) is 64.8 Å². The Morgan fingerprint density at radius 3 is 2.14 bits per heavy atom. The SMILES string of the molecule is CCO.CC[NH+](CC)CCCC(C)Nc1ccc(N)cc1. The molecule has 0 amide bonds. The summed E-state index contributed by atoms with van der Waals surface area (Å²) in [6.07, 6.45) is 2.49. The second kappa shape index (κ2) is 12.5. The van der Waals surface area contributed by atoms with Gasteiger partial charge in [0, 0.05) is 24.0 Å². The summed E-state index contributed by atoms with van der Waals surface area (Å²) in [6.45, 7) is 12.4. The van der Waals surface area contributed by atoms with Crippen LogP contribution in [0.2, 0.25) is 0 Å². The summed E-state index contributed by atoms with van der Waals surface area (Å²) in [7, 11) is 0. The number of hydrogen-bond donors (Lipinski definition) is 4. The Balaban J connectivity index is 0.00000122. The van der Waals surface area contributed by atoms with E-state index in [2.05, 4.69) is 26.1 Å². The molecule has 0 saturated heterocycles. The van der Waals surface area contributed by atoms with Crippen LogP contribution >= 0.6 is 0 Å².